The summed E-state index contributed by atoms with van der Waals surface area (Å²) >= 11 is 0. The Hall–Kier alpha value is -6.41. The quantitative estimate of drug-likeness (QED) is 0.0610. The van der Waals surface area contributed by atoms with Crippen LogP contribution < -0.4 is 98.8 Å². The maximum Gasteiger partial charge on any atom is 2.00 e. The van der Waals surface area contributed by atoms with Crippen LogP contribution in [-0.2, 0) is 84.3 Å². The number of halogens is 4. The Morgan fingerprint density at radius 3 is 0.588 bits per heavy atom. The van der Waals surface area contributed by atoms with Crippen LogP contribution in [0.1, 0.15) is 22.8 Å². The first-order valence-electron chi connectivity index (χ1n) is 17.8. The van der Waals surface area contributed by atoms with E-state index >= 15 is 0 Å². The van der Waals surface area contributed by atoms with Gasteiger partial charge in [0, 0.05) is 93.9 Å². The van der Waals surface area contributed by atoms with Crippen LogP contribution in [-0.4, -0.2) is 81.0 Å². The topological polar surface area (TPSA) is 642 Å². The Morgan fingerprint density at radius 2 is 0.450 bits per heavy atom. The first-order valence-corrected chi connectivity index (χ1v) is 17.8. The molecule has 0 atom stereocenters. The number of pyridine rings is 4. The zero-order valence-corrected chi connectivity index (χ0v) is 52.9. The number of fused-ring (bicyclic) bond motifs is 8. The van der Waals surface area contributed by atoms with E-state index < -0.39 is 20.3 Å². The van der Waals surface area contributed by atoms with Crippen LogP contribution in [0.3, 0.4) is 0 Å². The fourth-order valence-corrected chi connectivity index (χ4v) is 6.49. The van der Waals surface area contributed by atoms with E-state index in [0.29, 0.717) is 0 Å². The molecule has 2 aliphatic heterocycles. The average molecular weight is 1930 g/mol. The van der Waals surface area contributed by atoms with E-state index in [1.54, 1.807) is 0 Å². The van der Waals surface area contributed by atoms with Gasteiger partial charge in [0.05, 0.1) is 22.8 Å². The van der Waals surface area contributed by atoms with Crippen molar-refractivity contribution < 1.29 is 175 Å². The summed E-state index contributed by atoms with van der Waals surface area (Å²) in [5.74, 6) is 0. The predicted molar refractivity (Wildman–Crippen MR) is 267 cm³/mol. The minimum Gasteiger partial charge on any atom is -1.00 e. The van der Waals surface area contributed by atoms with E-state index in [2.05, 4.69) is 78.5 Å². The molecule has 0 radical (unpaired) electrons. The van der Waals surface area contributed by atoms with Gasteiger partial charge in [-0.2, -0.15) is 0 Å². The second-order valence-corrected chi connectivity index (χ2v) is 12.4. The van der Waals surface area contributed by atoms with Crippen molar-refractivity contribution in [3.63, 3.8) is 0 Å². The van der Waals surface area contributed by atoms with Gasteiger partial charge in [0.15, 0.2) is 0 Å². The second kappa shape index (κ2) is 50.8. The van der Waals surface area contributed by atoms with Crippen molar-refractivity contribution in [1.29, 1.82) is 0 Å². The van der Waals surface area contributed by atoms with Gasteiger partial charge in [-0.3, -0.25) is 19.9 Å². The Kier molecular flexibility index (Phi) is 64.9. The monoisotopic (exact) mass is 1930 g/mol. The van der Waals surface area contributed by atoms with Crippen LogP contribution in [0, 0.1) is 40.5 Å². The fourth-order valence-electron chi connectivity index (χ4n) is 6.49. The SMILES string of the molecule is C1=Cc2nc1c(-c1ccncc1)c1ccc([nH]1)c(-c1ccncc1)c1nc(c(-c3ccncc3)c3ccc([nH]3)c2-c2ccncc2)C=C1.N.N.N.N.N.N.N.N.O=[N+]([O-])O.O=[N+]([O-])O.O=[N+]([O-])O.O=[N+]([O-])O.[Cl-].[Cl-].[Cl-].[Cl-].[Pt+2].[Pt+2].[Pt+2].[Pt+2]. The number of nitrogens with one attached hydrogen (secondary N) is 2. The van der Waals surface area contributed by atoms with Gasteiger partial charge in [-0.15, -0.1) is 40.5 Å². The summed E-state index contributed by atoms with van der Waals surface area (Å²) in [5, 5.41) is 54.6. The van der Waals surface area contributed by atoms with Crippen molar-refractivity contribution in [2.45, 2.75) is 0 Å². The fraction of sp³-hybridized carbons (Fsp3) is 0. The van der Waals surface area contributed by atoms with Crippen LogP contribution in [0.25, 0.3) is 90.9 Å². The molecule has 0 spiro atoms. The van der Waals surface area contributed by atoms with Gasteiger partial charge < -0.3 is 130 Å². The van der Waals surface area contributed by atoms with E-state index in [0.717, 1.165) is 89.4 Å². The van der Waals surface area contributed by atoms with Gasteiger partial charge >= 0.3 is 84.3 Å². The molecule has 0 amide bonds. The van der Waals surface area contributed by atoms with Gasteiger partial charge in [0.2, 0.25) is 0 Å². The minimum absolute atomic E-state index is 0. The first-order chi connectivity index (χ1) is 30.7. The number of aromatic nitrogens is 8. The molecule has 9 rings (SSSR count). The van der Waals surface area contributed by atoms with Crippen molar-refractivity contribution >= 4 is 46.4 Å². The van der Waals surface area contributed by atoms with Gasteiger partial charge in [-0.1, -0.05) is 0 Å². The number of aromatic amines is 2. The van der Waals surface area contributed by atoms with Crippen LogP contribution in [0.2, 0.25) is 0 Å². The minimum atomic E-state index is -1.50. The summed E-state index contributed by atoms with van der Waals surface area (Å²) in [6, 6.07) is 24.6. The Bertz CT molecular complexity index is 2660. The molecule has 40 heteroatoms. The third-order valence-electron chi connectivity index (χ3n) is 8.63. The van der Waals surface area contributed by atoms with E-state index in [9.17, 15) is 0 Å². The van der Waals surface area contributed by atoms with E-state index in [1.807, 2.05) is 98.1 Å². The molecule has 0 unspecified atom stereocenters. The third-order valence-corrected chi connectivity index (χ3v) is 8.63. The number of H-pyrrole nitrogens is 2. The predicted octanol–water partition coefficient (Wildman–Crippen LogP) is -3.19. The molecule has 2 aliphatic rings. The van der Waals surface area contributed by atoms with E-state index in [1.165, 1.54) is 0 Å². The van der Waals surface area contributed by atoms with Crippen LogP contribution in [0.4, 0.5) is 0 Å². The number of hydrogen-bond donors (Lipinski definition) is 14. The molecule has 0 saturated heterocycles. The molecule has 0 aromatic carbocycles. The van der Waals surface area contributed by atoms with Crippen LogP contribution >= 0.6 is 0 Å². The van der Waals surface area contributed by atoms with E-state index in [-0.39, 0.29) is 183 Å². The van der Waals surface area contributed by atoms with Crippen molar-refractivity contribution in [1.82, 2.24) is 89.1 Å². The third kappa shape index (κ3) is 29.7. The molecule has 7 aromatic heterocycles. The van der Waals surface area contributed by atoms with Gasteiger partial charge in [-0.05, 0) is 119 Å². The molecule has 450 valence electrons. The molecule has 80 heavy (non-hydrogen) atoms. The van der Waals surface area contributed by atoms with E-state index in [4.69, 9.17) is 71.3 Å². The van der Waals surface area contributed by atoms with Crippen molar-refractivity contribution in [3.8, 4) is 44.5 Å². The van der Waals surface area contributed by atoms with Crippen molar-refractivity contribution in [2.75, 3.05) is 0 Å². The van der Waals surface area contributed by atoms with Crippen molar-refractivity contribution in [2.24, 2.45) is 0 Å². The first kappa shape index (κ1) is 102. The molecule has 0 saturated carbocycles. The van der Waals surface area contributed by atoms with Gasteiger partial charge in [0.25, 0.3) is 20.3 Å². The zero-order valence-electron chi connectivity index (χ0n) is 40.8. The van der Waals surface area contributed by atoms with Crippen LogP contribution in [0.15, 0.2) is 122 Å². The standard InChI is InChI=1S/C40H26N8.4ClH.4HNO3.8H3N.4Pt/c1-2-30-38(26-11-19-42-20-12-26)32-5-6-34(47-32)40(28-15-23-44-24-16-28)36-8-7-35(48-36)39(27-13-21-43-22-14-27)33-4-3-31(46-33)37(29(1)45-30)25-9-17-41-18-10-25;;;;;4*2-1(3)4;;;;;;;;;;;;/h1-24,45,48H;4*1H;4*(H,2,3,4);8*1H3;;;;/q;;;;;;;;;;;;;;;;;4*+2/p-4. The summed E-state index contributed by atoms with van der Waals surface area (Å²) < 4.78 is 0. The summed E-state index contributed by atoms with van der Waals surface area (Å²) in [6.45, 7) is 0. The zero-order chi connectivity index (χ0) is 46.2. The van der Waals surface area contributed by atoms with Gasteiger partial charge in [-0.25, -0.2) is 9.97 Å². The van der Waals surface area contributed by atoms with Crippen LogP contribution in [0.5, 0.6) is 0 Å². The molecule has 32 nitrogen and oxygen atoms in total. The molecular formula is C40H54Cl4N20O12Pt4+4. The summed E-state index contributed by atoms with van der Waals surface area (Å²) in [6.07, 6.45) is 22.8. The molecule has 8 bridgehead atoms. The number of hydrogen-bond acceptors (Lipinski definition) is 22. The molecular weight excluding hydrogens is 1870 g/mol. The molecule has 30 N–H and O–H groups in total. The largest absolute Gasteiger partial charge is 2.00 e. The number of nitrogens with zero attached hydrogens (tertiary/aromatic N) is 10. The molecule has 9 heterocycles. The Balaban J connectivity index is -0.000000130. The smallest absolute Gasteiger partial charge is 1.00 e. The summed E-state index contributed by atoms with van der Waals surface area (Å²) in [7, 11) is 0. The Labute approximate surface area is 536 Å². The average Bonchev–Trinajstić information content (AvgIpc) is 4.10. The summed E-state index contributed by atoms with van der Waals surface area (Å²) in [4.78, 5) is 68.7. The van der Waals surface area contributed by atoms with Gasteiger partial charge in [0.1, 0.15) is 0 Å². The maximum absolute atomic E-state index is 8.36. The number of rotatable bonds is 4. The molecule has 0 aliphatic carbocycles. The normalized spacial score (nSPS) is 8.40. The summed E-state index contributed by atoms with van der Waals surface area (Å²) in [5.41, 5.74) is 15.0. The maximum atomic E-state index is 8.36. The molecule has 0 fully saturated rings. The second-order valence-electron chi connectivity index (χ2n) is 12.4. The molecule has 7 aromatic rings. The Morgan fingerprint density at radius 1 is 0.312 bits per heavy atom. The van der Waals surface area contributed by atoms with Crippen molar-refractivity contribution in [3.05, 3.63) is 186 Å².